The summed E-state index contributed by atoms with van der Waals surface area (Å²) in [5.74, 6) is -5.92. The molecule has 174 valence electrons. The van der Waals surface area contributed by atoms with Crippen LogP contribution in [0.1, 0.15) is 21.2 Å². The summed E-state index contributed by atoms with van der Waals surface area (Å²) in [4.78, 5) is 24.9. The van der Waals surface area contributed by atoms with Gasteiger partial charge in [0.25, 0.3) is 0 Å². The molecule has 33 heavy (non-hydrogen) atoms. The third-order valence-electron chi connectivity index (χ3n) is 5.04. The number of carbonyl (C=O) groups is 2. The maximum atomic E-state index is 14.3. The predicted octanol–water partition coefficient (Wildman–Crippen LogP) is 4.48. The van der Waals surface area contributed by atoms with Gasteiger partial charge in [0.2, 0.25) is 5.72 Å². The van der Waals surface area contributed by atoms with Crippen molar-refractivity contribution in [3.63, 3.8) is 0 Å². The summed E-state index contributed by atoms with van der Waals surface area (Å²) < 4.78 is 47.5. The molecular formula is C21H16ClF3N2O4S2. The highest BCUT2D eigenvalue weighted by Crippen LogP contribution is 2.52. The number of benzene rings is 1. The van der Waals surface area contributed by atoms with Gasteiger partial charge in [0, 0.05) is 10.9 Å². The van der Waals surface area contributed by atoms with E-state index in [1.54, 1.807) is 6.07 Å². The van der Waals surface area contributed by atoms with Crippen molar-refractivity contribution in [3.8, 4) is 6.07 Å². The van der Waals surface area contributed by atoms with E-state index in [0.717, 1.165) is 18.4 Å². The van der Waals surface area contributed by atoms with Gasteiger partial charge < -0.3 is 15.2 Å². The van der Waals surface area contributed by atoms with Crippen LogP contribution in [0, 0.1) is 17.2 Å². The van der Waals surface area contributed by atoms with E-state index in [1.807, 2.05) is 11.4 Å². The molecule has 0 aliphatic carbocycles. The van der Waals surface area contributed by atoms with E-state index in [9.17, 15) is 33.1 Å². The standard InChI is InChI=1S/C21H16ClF3N2O4S2/c1-31-15(28)10-33-19-12(9-26)16(11-5-2-3-6-13(11)22)17(18(29)14-7-4-8-32-14)20(30,27-19)21(23,24)25/h2-8,16-17,27,30H,10H2,1H3/t16-,17-,20-/m0/s1. The number of hydrogen-bond donors (Lipinski definition) is 2. The Morgan fingerprint density at radius 1 is 1.33 bits per heavy atom. The van der Waals surface area contributed by atoms with Crippen LogP contribution in [0.4, 0.5) is 13.2 Å². The second-order valence-corrected chi connectivity index (χ2v) is 9.27. The molecule has 0 fully saturated rings. The van der Waals surface area contributed by atoms with Gasteiger partial charge in [-0.3, -0.25) is 9.59 Å². The second kappa shape index (κ2) is 9.77. The van der Waals surface area contributed by atoms with Crippen LogP contribution in [0.3, 0.4) is 0 Å². The number of hydrogen-bond acceptors (Lipinski definition) is 8. The smallest absolute Gasteiger partial charge is 0.437 e. The fourth-order valence-corrected chi connectivity index (χ4v) is 5.41. The highest BCUT2D eigenvalue weighted by atomic mass is 35.5. The Labute approximate surface area is 200 Å². The first kappa shape index (κ1) is 25.1. The zero-order valence-electron chi connectivity index (χ0n) is 16.9. The van der Waals surface area contributed by atoms with Gasteiger partial charge in [-0.1, -0.05) is 47.6 Å². The molecule has 0 spiro atoms. The summed E-state index contributed by atoms with van der Waals surface area (Å²) in [7, 11) is 1.10. The van der Waals surface area contributed by atoms with Crippen molar-refractivity contribution in [3.05, 3.63) is 67.8 Å². The van der Waals surface area contributed by atoms with Crippen molar-refractivity contribution in [1.29, 1.82) is 5.26 Å². The molecule has 1 aromatic carbocycles. The molecule has 12 heteroatoms. The molecule has 2 aromatic rings. The first-order valence-electron chi connectivity index (χ1n) is 9.28. The van der Waals surface area contributed by atoms with Crippen LogP contribution in [0.15, 0.2) is 52.4 Å². The molecule has 0 amide bonds. The minimum Gasteiger partial charge on any atom is -0.468 e. The van der Waals surface area contributed by atoms with Gasteiger partial charge >= 0.3 is 12.1 Å². The second-order valence-electron chi connectivity index (χ2n) is 6.93. The lowest BCUT2D eigenvalue weighted by Crippen LogP contribution is -2.66. The summed E-state index contributed by atoms with van der Waals surface area (Å²) in [6, 6.07) is 10.5. The zero-order chi connectivity index (χ0) is 24.4. The number of carbonyl (C=O) groups excluding carboxylic acids is 2. The summed E-state index contributed by atoms with van der Waals surface area (Å²) >= 11 is 7.74. The van der Waals surface area contributed by atoms with Crippen molar-refractivity contribution >= 4 is 46.5 Å². The van der Waals surface area contributed by atoms with Crippen molar-refractivity contribution in [2.24, 2.45) is 5.92 Å². The molecule has 0 saturated heterocycles. The van der Waals surface area contributed by atoms with Gasteiger partial charge in [0.05, 0.1) is 40.3 Å². The fourth-order valence-electron chi connectivity index (χ4n) is 3.51. The molecular weight excluding hydrogens is 501 g/mol. The average molecular weight is 517 g/mol. The lowest BCUT2D eigenvalue weighted by atomic mass is 9.70. The molecule has 1 aliphatic rings. The third-order valence-corrected chi connectivity index (χ3v) is 7.26. The first-order chi connectivity index (χ1) is 15.5. The van der Waals surface area contributed by atoms with Gasteiger partial charge in [-0.25, -0.2) is 0 Å². The van der Waals surface area contributed by atoms with E-state index < -0.39 is 46.3 Å². The Bertz CT molecular complexity index is 1130. The first-order valence-corrected chi connectivity index (χ1v) is 11.5. The number of rotatable bonds is 6. The number of Topliss-reactive ketones (excluding diaryl/α,β-unsaturated/α-hetero) is 1. The molecule has 0 saturated carbocycles. The number of thiophene rings is 1. The van der Waals surface area contributed by atoms with Crippen molar-refractivity contribution in [2.75, 3.05) is 12.9 Å². The van der Waals surface area contributed by atoms with Crippen LogP contribution >= 0.6 is 34.7 Å². The number of aliphatic hydroxyl groups is 1. The number of allylic oxidation sites excluding steroid dienone is 1. The van der Waals surface area contributed by atoms with Gasteiger partial charge in [-0.15, -0.1) is 11.3 Å². The number of methoxy groups -OCH3 is 1. The number of thioether (sulfide) groups is 1. The maximum absolute atomic E-state index is 14.3. The van der Waals surface area contributed by atoms with Crippen molar-refractivity contribution in [1.82, 2.24) is 5.32 Å². The summed E-state index contributed by atoms with van der Waals surface area (Å²) in [6.45, 7) is 0. The van der Waals surface area contributed by atoms with E-state index >= 15 is 0 Å². The number of nitrogens with one attached hydrogen (secondary N) is 1. The Morgan fingerprint density at radius 2 is 2.03 bits per heavy atom. The number of esters is 1. The van der Waals surface area contributed by atoms with Gasteiger partial charge in [-0.2, -0.15) is 18.4 Å². The highest BCUT2D eigenvalue weighted by molar-refractivity contribution is 8.03. The molecule has 0 unspecified atom stereocenters. The van der Waals surface area contributed by atoms with E-state index in [1.165, 1.54) is 35.7 Å². The number of nitrogens with zero attached hydrogens (tertiary/aromatic N) is 1. The molecule has 3 rings (SSSR count). The van der Waals surface area contributed by atoms with Crippen LogP contribution in [-0.4, -0.2) is 41.6 Å². The van der Waals surface area contributed by atoms with Crippen LogP contribution in [0.25, 0.3) is 0 Å². The minimum absolute atomic E-state index is 0.0166. The molecule has 6 nitrogen and oxygen atoms in total. The van der Waals surface area contributed by atoms with Gasteiger partial charge in [0.1, 0.15) is 0 Å². The number of halogens is 4. The van der Waals surface area contributed by atoms with Crippen LogP contribution in [0.2, 0.25) is 5.02 Å². The molecule has 2 heterocycles. The lowest BCUT2D eigenvalue weighted by molar-refractivity contribution is -0.285. The largest absolute Gasteiger partial charge is 0.468 e. The normalized spacial score (nSPS) is 22.9. The molecule has 3 atom stereocenters. The van der Waals surface area contributed by atoms with E-state index in [4.69, 9.17) is 11.6 Å². The third kappa shape index (κ3) is 4.75. The molecule has 1 aromatic heterocycles. The number of ether oxygens (including phenoxy) is 1. The van der Waals surface area contributed by atoms with E-state index in [0.29, 0.717) is 11.8 Å². The quantitative estimate of drug-likeness (QED) is 0.431. The predicted molar refractivity (Wildman–Crippen MR) is 118 cm³/mol. The maximum Gasteiger partial charge on any atom is 0.437 e. The number of nitriles is 1. The van der Waals surface area contributed by atoms with Gasteiger partial charge in [0.15, 0.2) is 5.78 Å². The van der Waals surface area contributed by atoms with Crippen molar-refractivity contribution in [2.45, 2.75) is 17.8 Å². The topological polar surface area (TPSA) is 99.4 Å². The molecule has 1 aliphatic heterocycles. The average Bonchev–Trinajstić information content (AvgIpc) is 3.31. The molecule has 2 N–H and O–H groups in total. The summed E-state index contributed by atoms with van der Waals surface area (Å²) in [6.07, 6.45) is -5.33. The Balaban J connectivity index is 2.30. The lowest BCUT2D eigenvalue weighted by Gasteiger charge is -2.45. The van der Waals surface area contributed by atoms with Crippen LogP contribution in [-0.2, 0) is 9.53 Å². The highest BCUT2D eigenvalue weighted by Gasteiger charge is 2.66. The summed E-state index contributed by atoms with van der Waals surface area (Å²) in [5.41, 5.74) is -3.96. The summed E-state index contributed by atoms with van der Waals surface area (Å²) in [5, 5.41) is 24.0. The Kier molecular flexibility index (Phi) is 7.43. The zero-order valence-corrected chi connectivity index (χ0v) is 19.2. The fraction of sp³-hybridized carbons (Fsp3) is 0.286. The van der Waals surface area contributed by atoms with Crippen LogP contribution in [0.5, 0.6) is 0 Å². The molecule has 0 radical (unpaired) electrons. The number of alkyl halides is 3. The number of ketones is 1. The monoisotopic (exact) mass is 516 g/mol. The van der Waals surface area contributed by atoms with E-state index in [-0.39, 0.29) is 21.0 Å². The molecule has 0 bridgehead atoms. The Morgan fingerprint density at radius 3 is 2.58 bits per heavy atom. The minimum atomic E-state index is -5.33. The van der Waals surface area contributed by atoms with Crippen molar-refractivity contribution < 1.29 is 32.6 Å². The SMILES string of the molecule is COC(=O)CSC1=C(C#N)[C@H](c2ccccc2Cl)[C@@H](C(=O)c2cccs2)[C@](O)(C(F)(F)F)N1. The van der Waals surface area contributed by atoms with Gasteiger partial charge in [-0.05, 0) is 23.1 Å². The Hall–Kier alpha value is -2.52. The van der Waals surface area contributed by atoms with E-state index in [2.05, 4.69) is 4.74 Å². The van der Waals surface area contributed by atoms with Crippen LogP contribution < -0.4 is 5.32 Å².